The van der Waals surface area contributed by atoms with Crippen LogP contribution in [0.15, 0.2) is 24.3 Å². The quantitative estimate of drug-likeness (QED) is 0.935. The Balaban J connectivity index is 1.59. The summed E-state index contributed by atoms with van der Waals surface area (Å²) in [6, 6.07) is 6.37. The molecule has 1 aliphatic rings. The first kappa shape index (κ1) is 13.9. The maximum Gasteiger partial charge on any atom is 0.223 e. The standard InChI is InChI=1S/C14H15FN4OS/c15-11-3-1-9(2-4-11)5-6-19-8-10(7-12(19)20)13-17-18-14(16)21-13/h1-4,10H,5-8H2,(H2,16,18)/t10-/m1/s1. The molecule has 1 amide bonds. The summed E-state index contributed by atoms with van der Waals surface area (Å²) in [4.78, 5) is 13.9. The highest BCUT2D eigenvalue weighted by molar-refractivity contribution is 7.15. The summed E-state index contributed by atoms with van der Waals surface area (Å²) < 4.78 is 12.8. The number of amides is 1. The monoisotopic (exact) mass is 306 g/mol. The third kappa shape index (κ3) is 3.18. The van der Waals surface area contributed by atoms with Gasteiger partial charge >= 0.3 is 0 Å². The number of nitrogens with two attached hydrogens (primary N) is 1. The van der Waals surface area contributed by atoms with Crippen molar-refractivity contribution in [3.8, 4) is 0 Å². The number of aromatic nitrogens is 2. The summed E-state index contributed by atoms with van der Waals surface area (Å²) in [6.07, 6.45) is 1.18. The van der Waals surface area contributed by atoms with Gasteiger partial charge in [-0.1, -0.05) is 23.5 Å². The van der Waals surface area contributed by atoms with Crippen molar-refractivity contribution in [3.05, 3.63) is 40.7 Å². The van der Waals surface area contributed by atoms with Crippen LogP contribution in [0.3, 0.4) is 0 Å². The molecule has 0 spiro atoms. The minimum absolute atomic E-state index is 0.0838. The molecule has 0 aliphatic carbocycles. The first-order valence-corrected chi connectivity index (χ1v) is 7.54. The molecule has 21 heavy (non-hydrogen) atoms. The van der Waals surface area contributed by atoms with Crippen molar-refractivity contribution >= 4 is 22.4 Å². The van der Waals surface area contributed by atoms with Gasteiger partial charge in [-0.15, -0.1) is 10.2 Å². The molecule has 3 rings (SSSR count). The number of halogens is 1. The van der Waals surface area contributed by atoms with Crippen LogP contribution in [0.25, 0.3) is 0 Å². The fourth-order valence-electron chi connectivity index (χ4n) is 2.48. The predicted molar refractivity (Wildman–Crippen MR) is 78.4 cm³/mol. The van der Waals surface area contributed by atoms with E-state index in [4.69, 9.17) is 5.73 Å². The highest BCUT2D eigenvalue weighted by Gasteiger charge is 2.32. The van der Waals surface area contributed by atoms with E-state index in [1.807, 2.05) is 4.90 Å². The van der Waals surface area contributed by atoms with Crippen LogP contribution in [0.4, 0.5) is 9.52 Å². The van der Waals surface area contributed by atoms with Gasteiger partial charge in [0.25, 0.3) is 0 Å². The molecule has 0 bridgehead atoms. The van der Waals surface area contributed by atoms with E-state index in [2.05, 4.69) is 10.2 Å². The zero-order valence-electron chi connectivity index (χ0n) is 11.3. The van der Waals surface area contributed by atoms with Crippen LogP contribution in [-0.2, 0) is 11.2 Å². The van der Waals surface area contributed by atoms with Crippen molar-refractivity contribution in [2.24, 2.45) is 0 Å². The topological polar surface area (TPSA) is 72.1 Å². The van der Waals surface area contributed by atoms with E-state index in [1.54, 1.807) is 12.1 Å². The summed E-state index contributed by atoms with van der Waals surface area (Å²) in [7, 11) is 0. The number of rotatable bonds is 4. The highest BCUT2D eigenvalue weighted by atomic mass is 32.1. The van der Waals surface area contributed by atoms with Gasteiger partial charge in [0.1, 0.15) is 10.8 Å². The lowest BCUT2D eigenvalue weighted by Crippen LogP contribution is -2.27. The zero-order valence-corrected chi connectivity index (χ0v) is 12.1. The fraction of sp³-hybridized carbons (Fsp3) is 0.357. The number of carbonyl (C=O) groups is 1. The molecule has 0 radical (unpaired) electrons. The van der Waals surface area contributed by atoms with E-state index in [-0.39, 0.29) is 17.6 Å². The Morgan fingerprint density at radius 1 is 1.33 bits per heavy atom. The van der Waals surface area contributed by atoms with E-state index in [0.717, 1.165) is 17.0 Å². The van der Waals surface area contributed by atoms with Crippen molar-refractivity contribution in [2.45, 2.75) is 18.8 Å². The second-order valence-electron chi connectivity index (χ2n) is 5.10. The summed E-state index contributed by atoms with van der Waals surface area (Å²) >= 11 is 1.34. The lowest BCUT2D eigenvalue weighted by Gasteiger charge is -2.16. The van der Waals surface area contributed by atoms with Gasteiger partial charge in [-0.3, -0.25) is 4.79 Å². The van der Waals surface area contributed by atoms with Gasteiger partial charge in [0.2, 0.25) is 11.0 Å². The van der Waals surface area contributed by atoms with Gasteiger partial charge < -0.3 is 10.6 Å². The second-order valence-corrected chi connectivity index (χ2v) is 6.14. The van der Waals surface area contributed by atoms with Gasteiger partial charge in [0, 0.05) is 25.4 Å². The van der Waals surface area contributed by atoms with Gasteiger partial charge in [-0.05, 0) is 24.1 Å². The predicted octanol–water partition coefficient (Wildman–Crippen LogP) is 1.82. The molecular weight excluding hydrogens is 291 g/mol. The van der Waals surface area contributed by atoms with Crippen molar-refractivity contribution in [3.63, 3.8) is 0 Å². The third-order valence-corrected chi connectivity index (χ3v) is 4.52. The van der Waals surface area contributed by atoms with Crippen LogP contribution < -0.4 is 5.73 Å². The number of likely N-dealkylation sites (tertiary alicyclic amines) is 1. The average molecular weight is 306 g/mol. The summed E-state index contributed by atoms with van der Waals surface area (Å²) in [5.41, 5.74) is 6.60. The second kappa shape index (κ2) is 5.77. The van der Waals surface area contributed by atoms with E-state index < -0.39 is 0 Å². The van der Waals surface area contributed by atoms with Crippen molar-refractivity contribution in [2.75, 3.05) is 18.8 Å². The zero-order chi connectivity index (χ0) is 14.8. The molecule has 1 atom stereocenters. The van der Waals surface area contributed by atoms with Crippen molar-refractivity contribution in [1.82, 2.24) is 15.1 Å². The van der Waals surface area contributed by atoms with Gasteiger partial charge in [0.15, 0.2) is 0 Å². The lowest BCUT2D eigenvalue weighted by molar-refractivity contribution is -0.127. The maximum atomic E-state index is 12.8. The van der Waals surface area contributed by atoms with Crippen LogP contribution in [0, 0.1) is 5.82 Å². The Labute approximate surface area is 125 Å². The van der Waals surface area contributed by atoms with E-state index >= 15 is 0 Å². The molecule has 0 saturated carbocycles. The van der Waals surface area contributed by atoms with E-state index in [1.165, 1.54) is 23.5 Å². The van der Waals surface area contributed by atoms with E-state index in [0.29, 0.717) is 24.6 Å². The maximum absolute atomic E-state index is 12.8. The van der Waals surface area contributed by atoms with Crippen LogP contribution in [0.5, 0.6) is 0 Å². The Hall–Kier alpha value is -2.02. The van der Waals surface area contributed by atoms with Crippen LogP contribution in [0.2, 0.25) is 0 Å². The minimum atomic E-state index is -0.245. The van der Waals surface area contributed by atoms with Crippen molar-refractivity contribution in [1.29, 1.82) is 0 Å². The Kier molecular flexibility index (Phi) is 3.83. The van der Waals surface area contributed by atoms with Crippen LogP contribution in [0.1, 0.15) is 22.9 Å². The molecule has 1 aromatic heterocycles. The van der Waals surface area contributed by atoms with Gasteiger partial charge in [-0.25, -0.2) is 4.39 Å². The number of hydrogen-bond acceptors (Lipinski definition) is 5. The highest BCUT2D eigenvalue weighted by Crippen LogP contribution is 2.30. The molecule has 1 saturated heterocycles. The number of anilines is 1. The molecule has 5 nitrogen and oxygen atoms in total. The fourth-order valence-corrected chi connectivity index (χ4v) is 3.18. The molecule has 1 fully saturated rings. The molecule has 110 valence electrons. The molecule has 0 unspecified atom stereocenters. The number of carbonyl (C=O) groups excluding carboxylic acids is 1. The Bertz CT molecular complexity index is 643. The van der Waals surface area contributed by atoms with Crippen molar-refractivity contribution < 1.29 is 9.18 Å². The largest absolute Gasteiger partial charge is 0.374 e. The number of nitrogens with zero attached hydrogens (tertiary/aromatic N) is 3. The molecule has 2 aromatic rings. The Morgan fingerprint density at radius 3 is 2.76 bits per heavy atom. The molecule has 2 N–H and O–H groups in total. The average Bonchev–Trinajstić information content (AvgIpc) is 3.05. The first-order chi connectivity index (χ1) is 10.1. The first-order valence-electron chi connectivity index (χ1n) is 6.73. The summed E-state index contributed by atoms with van der Waals surface area (Å²) in [5, 5.41) is 9.07. The normalized spacial score (nSPS) is 18.4. The minimum Gasteiger partial charge on any atom is -0.374 e. The molecule has 1 aromatic carbocycles. The van der Waals surface area contributed by atoms with E-state index in [9.17, 15) is 9.18 Å². The lowest BCUT2D eigenvalue weighted by atomic mass is 10.1. The van der Waals surface area contributed by atoms with Gasteiger partial charge in [-0.2, -0.15) is 0 Å². The molecule has 1 aliphatic heterocycles. The number of hydrogen-bond donors (Lipinski definition) is 1. The SMILES string of the molecule is Nc1nnc([C@@H]2CC(=O)N(CCc3ccc(F)cc3)C2)s1. The number of nitrogen functional groups attached to an aromatic ring is 1. The molecular formula is C14H15FN4OS. The number of benzene rings is 1. The van der Waals surface area contributed by atoms with Crippen LogP contribution >= 0.6 is 11.3 Å². The smallest absolute Gasteiger partial charge is 0.223 e. The molecule has 2 heterocycles. The summed E-state index contributed by atoms with van der Waals surface area (Å²) in [5.74, 6) is -0.0404. The summed E-state index contributed by atoms with van der Waals surface area (Å²) in [6.45, 7) is 1.28. The Morgan fingerprint density at radius 2 is 2.10 bits per heavy atom. The molecule has 7 heteroatoms. The van der Waals surface area contributed by atoms with Crippen LogP contribution in [-0.4, -0.2) is 34.1 Å². The van der Waals surface area contributed by atoms with Gasteiger partial charge in [0.05, 0.1) is 0 Å². The third-order valence-electron chi connectivity index (χ3n) is 3.60.